The molecule has 0 aliphatic carbocycles. The van der Waals surface area contributed by atoms with Crippen LogP contribution in [0.3, 0.4) is 0 Å². The Morgan fingerprint density at radius 1 is 0.909 bits per heavy atom. The van der Waals surface area contributed by atoms with Crippen LogP contribution < -0.4 is 21.4 Å². The molecule has 0 atom stereocenters. The van der Waals surface area contributed by atoms with Gasteiger partial charge in [0, 0.05) is 55.9 Å². The zero-order valence-corrected chi connectivity index (χ0v) is 18.0. The van der Waals surface area contributed by atoms with E-state index in [1.165, 1.54) is 6.07 Å². The van der Waals surface area contributed by atoms with Gasteiger partial charge in [0.2, 0.25) is 0 Å². The van der Waals surface area contributed by atoms with Gasteiger partial charge in [0.25, 0.3) is 0 Å². The third-order valence-corrected chi connectivity index (χ3v) is 5.84. The molecular weight excluding hydrogens is 416 g/mol. The van der Waals surface area contributed by atoms with Crippen molar-refractivity contribution in [1.82, 2.24) is 14.5 Å². The van der Waals surface area contributed by atoms with Crippen LogP contribution in [0.15, 0.2) is 83.8 Å². The van der Waals surface area contributed by atoms with Gasteiger partial charge in [0.15, 0.2) is 5.43 Å². The molecule has 3 N–H and O–H groups in total. The molecule has 1 aliphatic rings. The van der Waals surface area contributed by atoms with E-state index < -0.39 is 0 Å². The van der Waals surface area contributed by atoms with Crippen molar-refractivity contribution in [3.05, 3.63) is 89.2 Å². The molecule has 0 saturated carbocycles. The van der Waals surface area contributed by atoms with Crippen LogP contribution in [-0.4, -0.2) is 46.7 Å². The quantitative estimate of drug-likeness (QED) is 0.509. The van der Waals surface area contributed by atoms with Gasteiger partial charge in [-0.1, -0.05) is 36.4 Å². The van der Waals surface area contributed by atoms with Crippen LogP contribution in [0.25, 0.3) is 16.6 Å². The Hall–Kier alpha value is -4.33. The molecule has 3 heterocycles. The van der Waals surface area contributed by atoms with Gasteiger partial charge in [-0.05, 0) is 24.3 Å². The number of carbonyl (C=O) groups is 1. The molecule has 2 amide bonds. The number of hydrogen-bond donors (Lipinski definition) is 2. The normalized spacial score (nSPS) is 13.8. The summed E-state index contributed by atoms with van der Waals surface area (Å²) < 4.78 is 1.87. The van der Waals surface area contributed by atoms with E-state index in [1.54, 1.807) is 11.1 Å². The summed E-state index contributed by atoms with van der Waals surface area (Å²) in [5.74, 6) is 1.12. The number of aromatic nitrogens is 2. The van der Waals surface area contributed by atoms with Crippen molar-refractivity contribution in [2.75, 3.05) is 42.1 Å². The molecule has 1 saturated heterocycles. The Morgan fingerprint density at radius 3 is 2.27 bits per heavy atom. The second-order valence-corrected chi connectivity index (χ2v) is 7.93. The van der Waals surface area contributed by atoms with Crippen molar-refractivity contribution in [2.45, 2.75) is 0 Å². The predicted molar refractivity (Wildman–Crippen MR) is 131 cm³/mol. The first-order chi connectivity index (χ1) is 16.1. The molecule has 33 heavy (non-hydrogen) atoms. The molecule has 8 nitrogen and oxygen atoms in total. The highest BCUT2D eigenvalue weighted by molar-refractivity contribution is 5.89. The zero-order valence-electron chi connectivity index (χ0n) is 18.0. The first-order valence-electron chi connectivity index (χ1n) is 10.8. The van der Waals surface area contributed by atoms with Gasteiger partial charge in [-0.3, -0.25) is 9.36 Å². The highest BCUT2D eigenvalue weighted by Gasteiger charge is 2.23. The van der Waals surface area contributed by atoms with Gasteiger partial charge < -0.3 is 20.9 Å². The summed E-state index contributed by atoms with van der Waals surface area (Å²) in [6, 6.07) is 22.3. The zero-order chi connectivity index (χ0) is 22.8. The number of hydrogen-bond acceptors (Lipinski definition) is 5. The van der Waals surface area contributed by atoms with E-state index in [-0.39, 0.29) is 11.5 Å². The van der Waals surface area contributed by atoms with E-state index in [0.29, 0.717) is 42.9 Å². The first-order valence-corrected chi connectivity index (χ1v) is 10.8. The minimum Gasteiger partial charge on any atom is -0.385 e. The third kappa shape index (κ3) is 4.10. The molecule has 0 radical (unpaired) electrons. The summed E-state index contributed by atoms with van der Waals surface area (Å²) >= 11 is 0. The molecule has 0 bridgehead atoms. The van der Waals surface area contributed by atoms with Crippen molar-refractivity contribution in [3.63, 3.8) is 0 Å². The summed E-state index contributed by atoms with van der Waals surface area (Å²) in [5, 5.41) is 3.44. The van der Waals surface area contributed by atoms with Gasteiger partial charge in [-0.25, -0.2) is 9.78 Å². The fourth-order valence-electron chi connectivity index (χ4n) is 4.13. The van der Waals surface area contributed by atoms with E-state index >= 15 is 0 Å². The average Bonchev–Trinajstić information content (AvgIpc) is 2.85. The monoisotopic (exact) mass is 440 g/mol. The minimum absolute atomic E-state index is 0.113. The summed E-state index contributed by atoms with van der Waals surface area (Å²) in [7, 11) is 0. The lowest BCUT2D eigenvalue weighted by Gasteiger charge is -2.35. The molecule has 4 aromatic rings. The first kappa shape index (κ1) is 20.6. The van der Waals surface area contributed by atoms with E-state index in [9.17, 15) is 9.59 Å². The highest BCUT2D eigenvalue weighted by atomic mass is 16.2. The number of pyridine rings is 2. The Balaban J connectivity index is 1.39. The summed E-state index contributed by atoms with van der Waals surface area (Å²) in [6.07, 6.45) is 1.61. The SMILES string of the molecule is Nc1cc(=O)c2cnc(N3CCN(C(=O)Nc4ccccc4)CC3)cc2n1-c1ccccc1. The van der Waals surface area contributed by atoms with Crippen molar-refractivity contribution in [3.8, 4) is 5.69 Å². The standard InChI is InChI=1S/C25H24N6O2/c26-23-16-22(32)20-17-27-24(15-21(20)31(23)19-9-5-2-6-10-19)29-11-13-30(14-12-29)25(33)28-18-7-3-1-4-8-18/h1-10,15-17H,11-14,26H2,(H,28,33). The van der Waals surface area contributed by atoms with Gasteiger partial charge in [-0.15, -0.1) is 0 Å². The minimum atomic E-state index is -0.156. The van der Waals surface area contributed by atoms with Crippen LogP contribution in [0.4, 0.5) is 22.1 Å². The molecular formula is C25H24N6O2. The Labute approximate surface area is 190 Å². The number of nitrogen functional groups attached to an aromatic ring is 1. The Kier molecular flexibility index (Phi) is 5.40. The molecule has 1 aliphatic heterocycles. The maximum atomic E-state index is 12.6. The third-order valence-electron chi connectivity index (χ3n) is 5.84. The van der Waals surface area contributed by atoms with E-state index in [0.717, 1.165) is 17.2 Å². The number of para-hydroxylation sites is 2. The van der Waals surface area contributed by atoms with Gasteiger partial charge in [0.05, 0.1) is 10.9 Å². The van der Waals surface area contributed by atoms with Gasteiger partial charge in [0.1, 0.15) is 11.6 Å². The predicted octanol–water partition coefficient (Wildman–Crippen LogP) is 3.32. The second kappa shape index (κ2) is 8.66. The smallest absolute Gasteiger partial charge is 0.321 e. The molecule has 2 aromatic carbocycles. The lowest BCUT2D eigenvalue weighted by molar-refractivity contribution is 0.208. The lowest BCUT2D eigenvalue weighted by atomic mass is 10.2. The topological polar surface area (TPSA) is 96.5 Å². The lowest BCUT2D eigenvalue weighted by Crippen LogP contribution is -2.50. The molecule has 5 rings (SSSR count). The number of carbonyl (C=O) groups excluding carboxylic acids is 1. The number of rotatable bonds is 3. The number of fused-ring (bicyclic) bond motifs is 1. The number of anilines is 3. The van der Waals surface area contributed by atoms with Crippen molar-refractivity contribution in [1.29, 1.82) is 0 Å². The number of benzene rings is 2. The summed E-state index contributed by atoms with van der Waals surface area (Å²) in [4.78, 5) is 33.6. The largest absolute Gasteiger partial charge is 0.385 e. The molecule has 166 valence electrons. The highest BCUT2D eigenvalue weighted by Crippen LogP contribution is 2.24. The molecule has 8 heteroatoms. The Morgan fingerprint density at radius 2 is 1.58 bits per heavy atom. The van der Waals surface area contributed by atoms with Crippen LogP contribution in [0.2, 0.25) is 0 Å². The van der Waals surface area contributed by atoms with Crippen LogP contribution in [0, 0.1) is 0 Å². The molecule has 0 unspecified atom stereocenters. The van der Waals surface area contributed by atoms with Gasteiger partial charge >= 0.3 is 6.03 Å². The second-order valence-electron chi connectivity index (χ2n) is 7.93. The number of nitrogens with two attached hydrogens (primary N) is 1. The van der Waals surface area contributed by atoms with Crippen LogP contribution in [-0.2, 0) is 0 Å². The molecule has 0 spiro atoms. The number of amides is 2. The fourth-order valence-corrected chi connectivity index (χ4v) is 4.13. The number of nitrogens with one attached hydrogen (secondary N) is 1. The van der Waals surface area contributed by atoms with Crippen molar-refractivity contribution >= 4 is 34.3 Å². The maximum Gasteiger partial charge on any atom is 0.321 e. The summed E-state index contributed by atoms with van der Waals surface area (Å²) in [6.45, 7) is 2.42. The maximum absolute atomic E-state index is 12.6. The van der Waals surface area contributed by atoms with Crippen molar-refractivity contribution in [2.24, 2.45) is 0 Å². The molecule has 1 fully saturated rings. The number of piperazine rings is 1. The van der Waals surface area contributed by atoms with E-state index in [1.807, 2.05) is 71.3 Å². The molecule has 2 aromatic heterocycles. The van der Waals surface area contributed by atoms with Crippen molar-refractivity contribution < 1.29 is 4.79 Å². The number of urea groups is 1. The van der Waals surface area contributed by atoms with Crippen LogP contribution >= 0.6 is 0 Å². The van der Waals surface area contributed by atoms with E-state index in [4.69, 9.17) is 5.73 Å². The van der Waals surface area contributed by atoms with E-state index in [2.05, 4.69) is 15.2 Å². The number of nitrogens with zero attached hydrogens (tertiary/aromatic N) is 4. The average molecular weight is 441 g/mol. The van der Waals surface area contributed by atoms with Crippen LogP contribution in [0.1, 0.15) is 0 Å². The van der Waals surface area contributed by atoms with Gasteiger partial charge in [-0.2, -0.15) is 0 Å². The summed E-state index contributed by atoms with van der Waals surface area (Å²) in [5.41, 5.74) is 8.44. The Bertz CT molecular complexity index is 1350. The van der Waals surface area contributed by atoms with Crippen LogP contribution in [0.5, 0.6) is 0 Å². The fraction of sp³-hybridized carbons (Fsp3) is 0.160.